The molecular weight excluding hydrogens is 276 g/mol. The molecule has 0 bridgehead atoms. The van der Waals surface area contributed by atoms with E-state index in [4.69, 9.17) is 4.74 Å². The minimum Gasteiger partial charge on any atom is -0.379 e. The Morgan fingerprint density at radius 1 is 1.27 bits per heavy atom. The van der Waals surface area contributed by atoms with Gasteiger partial charge in [-0.2, -0.15) is 0 Å². The van der Waals surface area contributed by atoms with Crippen LogP contribution < -0.4 is 10.6 Å². The van der Waals surface area contributed by atoms with Crippen LogP contribution in [-0.4, -0.2) is 62.3 Å². The maximum Gasteiger partial charge on any atom is 0.191 e. The van der Waals surface area contributed by atoms with Gasteiger partial charge in [-0.25, -0.2) is 0 Å². The highest BCUT2D eigenvalue weighted by Crippen LogP contribution is 2.10. The predicted octanol–water partition coefficient (Wildman–Crippen LogP) is 2.09. The van der Waals surface area contributed by atoms with Crippen molar-refractivity contribution in [3.63, 3.8) is 0 Å². The molecule has 0 aliphatic carbocycles. The maximum absolute atomic E-state index is 5.51. The average Bonchev–Trinajstić information content (AvgIpc) is 2.49. The number of morpholine rings is 1. The van der Waals surface area contributed by atoms with Crippen LogP contribution in [0.3, 0.4) is 0 Å². The molecule has 1 aliphatic rings. The third kappa shape index (κ3) is 6.97. The van der Waals surface area contributed by atoms with Gasteiger partial charge in [-0.15, -0.1) is 0 Å². The summed E-state index contributed by atoms with van der Waals surface area (Å²) < 4.78 is 5.51. The first-order chi connectivity index (χ1) is 10.4. The lowest BCUT2D eigenvalue weighted by molar-refractivity contribution is -0.0174. The van der Waals surface area contributed by atoms with Gasteiger partial charge in [0.25, 0.3) is 0 Å². The molecule has 0 aromatic rings. The van der Waals surface area contributed by atoms with Crippen LogP contribution in [0.25, 0.3) is 0 Å². The van der Waals surface area contributed by atoms with Crippen molar-refractivity contribution in [3.05, 3.63) is 0 Å². The maximum atomic E-state index is 5.51. The van der Waals surface area contributed by atoms with Gasteiger partial charge in [-0.3, -0.25) is 9.89 Å². The standard InChI is InChI=1S/C17H36N4O/c1-13(2)7-8-14(3)20-17(18-6)19-11-15(4)21-9-10-22-12-16(21)5/h13-16H,7-12H2,1-6H3,(H2,18,19,20). The van der Waals surface area contributed by atoms with E-state index in [0.29, 0.717) is 18.1 Å². The zero-order valence-electron chi connectivity index (χ0n) is 15.4. The number of aliphatic imine (C=N–C) groups is 1. The summed E-state index contributed by atoms with van der Waals surface area (Å²) in [7, 11) is 1.84. The van der Waals surface area contributed by atoms with Crippen molar-refractivity contribution in [1.29, 1.82) is 0 Å². The molecule has 3 atom stereocenters. The molecule has 2 N–H and O–H groups in total. The number of hydrogen-bond donors (Lipinski definition) is 2. The third-order valence-electron chi connectivity index (χ3n) is 4.33. The molecule has 1 heterocycles. The summed E-state index contributed by atoms with van der Waals surface area (Å²) in [6.45, 7) is 14.9. The molecule has 0 amide bonds. The fourth-order valence-electron chi connectivity index (χ4n) is 2.84. The largest absolute Gasteiger partial charge is 0.379 e. The number of guanidine groups is 1. The summed E-state index contributed by atoms with van der Waals surface area (Å²) in [6.07, 6.45) is 2.42. The summed E-state index contributed by atoms with van der Waals surface area (Å²) in [5.74, 6) is 1.66. The highest BCUT2D eigenvalue weighted by Gasteiger charge is 2.23. The molecular formula is C17H36N4O. The molecule has 5 nitrogen and oxygen atoms in total. The van der Waals surface area contributed by atoms with Crippen molar-refractivity contribution < 1.29 is 4.74 Å². The van der Waals surface area contributed by atoms with Gasteiger partial charge in [0, 0.05) is 38.3 Å². The van der Waals surface area contributed by atoms with Crippen LogP contribution in [0.1, 0.15) is 47.5 Å². The Labute approximate surface area is 136 Å². The van der Waals surface area contributed by atoms with E-state index < -0.39 is 0 Å². The third-order valence-corrected chi connectivity index (χ3v) is 4.33. The minimum absolute atomic E-state index is 0.450. The second-order valence-corrected chi connectivity index (χ2v) is 6.98. The van der Waals surface area contributed by atoms with E-state index in [1.807, 2.05) is 7.05 Å². The summed E-state index contributed by atoms with van der Waals surface area (Å²) in [6, 6.07) is 1.42. The first-order valence-electron chi connectivity index (χ1n) is 8.74. The molecule has 0 aromatic heterocycles. The van der Waals surface area contributed by atoms with E-state index in [2.05, 4.69) is 55.1 Å². The Balaban J connectivity index is 2.33. The topological polar surface area (TPSA) is 48.9 Å². The van der Waals surface area contributed by atoms with Crippen LogP contribution in [0.4, 0.5) is 0 Å². The first kappa shape index (κ1) is 19.2. The zero-order valence-corrected chi connectivity index (χ0v) is 15.4. The van der Waals surface area contributed by atoms with E-state index in [1.54, 1.807) is 0 Å². The summed E-state index contributed by atoms with van der Waals surface area (Å²) in [5, 5.41) is 6.95. The number of nitrogens with one attached hydrogen (secondary N) is 2. The Hall–Kier alpha value is -0.810. The van der Waals surface area contributed by atoms with Gasteiger partial charge in [0.1, 0.15) is 0 Å². The van der Waals surface area contributed by atoms with Gasteiger partial charge in [0.05, 0.1) is 13.2 Å². The van der Waals surface area contributed by atoms with Crippen molar-refractivity contribution in [2.24, 2.45) is 10.9 Å². The summed E-state index contributed by atoms with van der Waals surface area (Å²) >= 11 is 0. The van der Waals surface area contributed by atoms with Crippen molar-refractivity contribution >= 4 is 5.96 Å². The molecule has 130 valence electrons. The van der Waals surface area contributed by atoms with Crippen LogP contribution in [0.15, 0.2) is 4.99 Å². The lowest BCUT2D eigenvalue weighted by Crippen LogP contribution is -2.53. The van der Waals surface area contributed by atoms with Gasteiger partial charge in [0.15, 0.2) is 5.96 Å². The van der Waals surface area contributed by atoms with Crippen LogP contribution in [0.2, 0.25) is 0 Å². The van der Waals surface area contributed by atoms with Gasteiger partial charge < -0.3 is 15.4 Å². The van der Waals surface area contributed by atoms with E-state index in [1.165, 1.54) is 12.8 Å². The van der Waals surface area contributed by atoms with Gasteiger partial charge in [-0.1, -0.05) is 13.8 Å². The number of ether oxygens (including phenoxy) is 1. The van der Waals surface area contributed by atoms with Crippen molar-refractivity contribution in [3.8, 4) is 0 Å². The lowest BCUT2D eigenvalue weighted by atomic mass is 10.0. The molecule has 5 heteroatoms. The normalized spacial score (nSPS) is 23.4. The molecule has 1 fully saturated rings. The predicted molar refractivity (Wildman–Crippen MR) is 94.5 cm³/mol. The molecule has 1 saturated heterocycles. The number of rotatable bonds is 7. The minimum atomic E-state index is 0.450. The van der Waals surface area contributed by atoms with Crippen LogP contribution >= 0.6 is 0 Å². The molecule has 0 spiro atoms. The summed E-state index contributed by atoms with van der Waals surface area (Å²) in [4.78, 5) is 6.85. The van der Waals surface area contributed by atoms with E-state index in [0.717, 1.165) is 38.2 Å². The quantitative estimate of drug-likeness (QED) is 0.558. The second-order valence-electron chi connectivity index (χ2n) is 6.98. The number of nitrogens with zero attached hydrogens (tertiary/aromatic N) is 2. The van der Waals surface area contributed by atoms with Crippen LogP contribution in [0.5, 0.6) is 0 Å². The second kappa shape index (κ2) is 10.1. The Kier molecular flexibility index (Phi) is 8.79. The smallest absolute Gasteiger partial charge is 0.191 e. The lowest BCUT2D eigenvalue weighted by Gasteiger charge is -2.38. The van der Waals surface area contributed by atoms with E-state index in [9.17, 15) is 0 Å². The summed E-state index contributed by atoms with van der Waals surface area (Å²) in [5.41, 5.74) is 0. The van der Waals surface area contributed by atoms with Crippen LogP contribution in [-0.2, 0) is 4.74 Å². The van der Waals surface area contributed by atoms with Gasteiger partial charge in [-0.05, 0) is 39.5 Å². The van der Waals surface area contributed by atoms with Crippen LogP contribution in [0, 0.1) is 5.92 Å². The number of hydrogen-bond acceptors (Lipinski definition) is 3. The molecule has 0 radical (unpaired) electrons. The van der Waals surface area contributed by atoms with E-state index >= 15 is 0 Å². The molecule has 0 saturated carbocycles. The molecule has 1 rings (SSSR count). The fraction of sp³-hybridized carbons (Fsp3) is 0.941. The Morgan fingerprint density at radius 2 is 2.00 bits per heavy atom. The highest BCUT2D eigenvalue weighted by molar-refractivity contribution is 5.79. The molecule has 3 unspecified atom stereocenters. The Morgan fingerprint density at radius 3 is 2.59 bits per heavy atom. The van der Waals surface area contributed by atoms with Crippen molar-refractivity contribution in [2.45, 2.75) is 65.6 Å². The average molecular weight is 313 g/mol. The van der Waals surface area contributed by atoms with Gasteiger partial charge >= 0.3 is 0 Å². The fourth-order valence-corrected chi connectivity index (χ4v) is 2.84. The van der Waals surface area contributed by atoms with Gasteiger partial charge in [0.2, 0.25) is 0 Å². The zero-order chi connectivity index (χ0) is 16.5. The molecule has 22 heavy (non-hydrogen) atoms. The Bertz CT molecular complexity index is 333. The van der Waals surface area contributed by atoms with Crippen molar-refractivity contribution in [2.75, 3.05) is 33.4 Å². The molecule has 0 aromatic carbocycles. The first-order valence-corrected chi connectivity index (χ1v) is 8.74. The monoisotopic (exact) mass is 312 g/mol. The van der Waals surface area contributed by atoms with Crippen molar-refractivity contribution in [1.82, 2.24) is 15.5 Å². The SMILES string of the molecule is CN=C(NCC(C)N1CCOCC1C)NC(C)CCC(C)C. The molecule has 1 aliphatic heterocycles. The highest BCUT2D eigenvalue weighted by atomic mass is 16.5. The van der Waals surface area contributed by atoms with E-state index in [-0.39, 0.29) is 0 Å².